The van der Waals surface area contributed by atoms with Gasteiger partial charge in [0, 0.05) is 25.1 Å². The Kier molecular flexibility index (Phi) is 7.75. The third-order valence-corrected chi connectivity index (χ3v) is 6.06. The number of nitrogens with one attached hydrogen (secondary N) is 2. The molecule has 8 heteroatoms. The van der Waals surface area contributed by atoms with Crippen LogP contribution in [0.5, 0.6) is 11.5 Å². The molecule has 0 heterocycles. The molecule has 0 saturated heterocycles. The molecule has 0 spiro atoms. The fourth-order valence-corrected chi connectivity index (χ4v) is 3.92. The van der Waals surface area contributed by atoms with Crippen molar-refractivity contribution in [2.75, 3.05) is 6.54 Å². The van der Waals surface area contributed by atoms with Crippen LogP contribution in [0.2, 0.25) is 0 Å². The molecule has 32 heavy (non-hydrogen) atoms. The van der Waals surface area contributed by atoms with Crippen molar-refractivity contribution in [3.63, 3.8) is 0 Å². The van der Waals surface area contributed by atoms with E-state index < -0.39 is 10.0 Å². The van der Waals surface area contributed by atoms with E-state index in [0.29, 0.717) is 17.9 Å². The molecule has 2 N–H and O–H groups in total. The summed E-state index contributed by atoms with van der Waals surface area (Å²) < 4.78 is 32.8. The van der Waals surface area contributed by atoms with Crippen LogP contribution < -0.4 is 14.8 Å². The average Bonchev–Trinajstić information content (AvgIpc) is 2.78. The van der Waals surface area contributed by atoms with Gasteiger partial charge >= 0.3 is 0 Å². The first-order valence-corrected chi connectivity index (χ1v) is 11.5. The molecule has 0 aliphatic carbocycles. The fraction of sp³-hybridized carbons (Fsp3) is 0.167. The Labute approximate surface area is 187 Å². The molecule has 0 fully saturated rings. The molecule has 3 rings (SSSR count). The van der Waals surface area contributed by atoms with Gasteiger partial charge in [0.2, 0.25) is 15.9 Å². The minimum atomic E-state index is -3.76. The van der Waals surface area contributed by atoms with E-state index in [0.717, 1.165) is 11.3 Å². The summed E-state index contributed by atoms with van der Waals surface area (Å²) in [5, 5.41) is 2.77. The van der Waals surface area contributed by atoms with Crippen LogP contribution >= 0.6 is 0 Å². The monoisotopic (exact) mass is 452 g/mol. The normalized spacial score (nSPS) is 11.0. The lowest BCUT2D eigenvalue weighted by Crippen LogP contribution is -2.30. The number of ether oxygens (including phenoxy) is 1. The summed E-state index contributed by atoms with van der Waals surface area (Å²) in [6.07, 6.45) is -0.00896. The highest BCUT2D eigenvalue weighted by Crippen LogP contribution is 2.21. The molecular formula is C24H24N2O5S. The van der Waals surface area contributed by atoms with E-state index in [1.165, 1.54) is 31.2 Å². The number of amides is 1. The zero-order valence-electron chi connectivity index (χ0n) is 17.6. The third-order valence-electron chi connectivity index (χ3n) is 4.58. The van der Waals surface area contributed by atoms with Crippen molar-refractivity contribution in [3.05, 3.63) is 90.0 Å². The van der Waals surface area contributed by atoms with E-state index >= 15 is 0 Å². The van der Waals surface area contributed by atoms with Gasteiger partial charge in [0.25, 0.3) is 0 Å². The molecule has 0 saturated carbocycles. The maximum Gasteiger partial charge on any atom is 0.240 e. The number of benzene rings is 3. The first-order chi connectivity index (χ1) is 15.3. The topological polar surface area (TPSA) is 102 Å². The Balaban J connectivity index is 1.46. The summed E-state index contributed by atoms with van der Waals surface area (Å²) in [6, 6.07) is 22.4. The minimum absolute atomic E-state index is 0.00896. The van der Waals surface area contributed by atoms with E-state index in [1.807, 2.05) is 54.6 Å². The Bertz CT molecular complexity index is 1180. The lowest BCUT2D eigenvalue weighted by atomic mass is 10.2. The largest absolute Gasteiger partial charge is 0.457 e. The van der Waals surface area contributed by atoms with Crippen LogP contribution in [0.1, 0.15) is 29.3 Å². The fourth-order valence-electron chi connectivity index (χ4n) is 2.88. The Morgan fingerprint density at radius 3 is 2.25 bits per heavy atom. The smallest absolute Gasteiger partial charge is 0.240 e. The van der Waals surface area contributed by atoms with Crippen molar-refractivity contribution in [1.29, 1.82) is 0 Å². The number of carbonyl (C=O) groups excluding carboxylic acids is 2. The van der Waals surface area contributed by atoms with Crippen LogP contribution in [0, 0.1) is 0 Å². The van der Waals surface area contributed by atoms with Gasteiger partial charge in [0.1, 0.15) is 11.5 Å². The number of hydrogen-bond donors (Lipinski definition) is 2. The van der Waals surface area contributed by atoms with Gasteiger partial charge in [0.05, 0.1) is 4.90 Å². The summed E-state index contributed by atoms with van der Waals surface area (Å²) in [7, 11) is -3.76. The summed E-state index contributed by atoms with van der Waals surface area (Å²) in [5.74, 6) is 0.952. The highest BCUT2D eigenvalue weighted by Gasteiger charge is 2.14. The Hall–Kier alpha value is -3.49. The molecule has 0 aliphatic rings. The number of hydrogen-bond acceptors (Lipinski definition) is 5. The molecule has 1 amide bonds. The maximum atomic E-state index is 12.3. The summed E-state index contributed by atoms with van der Waals surface area (Å²) >= 11 is 0. The molecule has 166 valence electrons. The maximum absolute atomic E-state index is 12.3. The number of carbonyl (C=O) groups is 2. The molecule has 0 atom stereocenters. The number of sulfonamides is 1. The van der Waals surface area contributed by atoms with Crippen LogP contribution in [0.3, 0.4) is 0 Å². The second kappa shape index (κ2) is 10.7. The Morgan fingerprint density at radius 2 is 1.56 bits per heavy atom. The quantitative estimate of drug-likeness (QED) is 0.457. The van der Waals surface area contributed by atoms with E-state index in [-0.39, 0.29) is 29.6 Å². The van der Waals surface area contributed by atoms with Gasteiger partial charge in [-0.3, -0.25) is 9.59 Å². The zero-order chi connectivity index (χ0) is 23.0. The lowest BCUT2D eigenvalue weighted by molar-refractivity contribution is -0.121. The van der Waals surface area contributed by atoms with E-state index in [4.69, 9.17) is 4.74 Å². The van der Waals surface area contributed by atoms with Crippen LogP contribution in [0.25, 0.3) is 0 Å². The zero-order valence-corrected chi connectivity index (χ0v) is 18.4. The van der Waals surface area contributed by atoms with Crippen molar-refractivity contribution in [1.82, 2.24) is 10.0 Å². The summed E-state index contributed by atoms with van der Waals surface area (Å²) in [4.78, 5) is 23.5. The molecule has 3 aromatic rings. The van der Waals surface area contributed by atoms with Crippen molar-refractivity contribution >= 4 is 21.7 Å². The lowest BCUT2D eigenvalue weighted by Gasteiger charge is -2.10. The van der Waals surface area contributed by atoms with Crippen molar-refractivity contribution < 1.29 is 22.7 Å². The molecule has 0 aliphatic heterocycles. The van der Waals surface area contributed by atoms with Crippen molar-refractivity contribution in [2.24, 2.45) is 0 Å². The van der Waals surface area contributed by atoms with E-state index in [1.54, 1.807) is 0 Å². The molecule has 0 aromatic heterocycles. The van der Waals surface area contributed by atoms with Crippen LogP contribution in [0.15, 0.2) is 83.8 Å². The average molecular weight is 453 g/mol. The standard InChI is InChI=1S/C24H24N2O5S/c1-18(27)20-10-12-23(13-11-20)32(29,30)26-15-14-24(28)25-17-19-6-5-9-22(16-19)31-21-7-3-2-4-8-21/h2-13,16,26H,14-15,17H2,1H3,(H,25,28). The molecule has 0 bridgehead atoms. The van der Waals surface area contributed by atoms with Gasteiger partial charge in [-0.2, -0.15) is 0 Å². The van der Waals surface area contributed by atoms with Gasteiger partial charge < -0.3 is 10.1 Å². The van der Waals surface area contributed by atoms with Gasteiger partial charge in [-0.05, 0) is 48.9 Å². The number of Topliss-reactive ketones (excluding diaryl/α,β-unsaturated/α-hetero) is 1. The third kappa shape index (κ3) is 6.76. The number of para-hydroxylation sites is 1. The number of ketones is 1. The molecule has 0 unspecified atom stereocenters. The second-order valence-corrected chi connectivity index (χ2v) is 8.83. The Morgan fingerprint density at radius 1 is 0.875 bits per heavy atom. The molecular weight excluding hydrogens is 428 g/mol. The predicted octanol–water partition coefficient (Wildman–Crippen LogP) is 3.67. The highest BCUT2D eigenvalue weighted by molar-refractivity contribution is 7.89. The van der Waals surface area contributed by atoms with E-state index in [9.17, 15) is 18.0 Å². The van der Waals surface area contributed by atoms with Crippen LogP contribution in [-0.4, -0.2) is 26.7 Å². The van der Waals surface area contributed by atoms with Crippen molar-refractivity contribution in [2.45, 2.75) is 24.8 Å². The molecule has 0 radical (unpaired) electrons. The summed E-state index contributed by atoms with van der Waals surface area (Å²) in [5.41, 5.74) is 1.29. The van der Waals surface area contributed by atoms with Gasteiger partial charge in [-0.25, -0.2) is 13.1 Å². The van der Waals surface area contributed by atoms with E-state index in [2.05, 4.69) is 10.0 Å². The van der Waals surface area contributed by atoms with Crippen LogP contribution in [-0.2, 0) is 21.4 Å². The molecule has 7 nitrogen and oxygen atoms in total. The summed E-state index contributed by atoms with van der Waals surface area (Å²) in [6.45, 7) is 1.66. The van der Waals surface area contributed by atoms with Gasteiger partial charge in [0.15, 0.2) is 5.78 Å². The van der Waals surface area contributed by atoms with Crippen molar-refractivity contribution in [3.8, 4) is 11.5 Å². The first-order valence-electron chi connectivity index (χ1n) is 10.0. The minimum Gasteiger partial charge on any atom is -0.457 e. The van der Waals surface area contributed by atoms with Crippen LogP contribution in [0.4, 0.5) is 0 Å². The van der Waals surface area contributed by atoms with Gasteiger partial charge in [-0.1, -0.05) is 42.5 Å². The number of rotatable bonds is 10. The SMILES string of the molecule is CC(=O)c1ccc(S(=O)(=O)NCCC(=O)NCc2cccc(Oc3ccccc3)c2)cc1. The van der Waals surface area contributed by atoms with Gasteiger partial charge in [-0.15, -0.1) is 0 Å². The highest BCUT2D eigenvalue weighted by atomic mass is 32.2. The second-order valence-electron chi connectivity index (χ2n) is 7.07. The first kappa shape index (κ1) is 23.2. The predicted molar refractivity (Wildman–Crippen MR) is 121 cm³/mol. The molecule has 3 aromatic carbocycles.